The molecule has 4 heterocycles. The molecule has 7 nitrogen and oxygen atoms in total. The lowest BCUT2D eigenvalue weighted by atomic mass is 10.0. The zero-order valence-electron chi connectivity index (χ0n) is 13.4. The first-order chi connectivity index (χ1) is 11.7. The third-order valence-electron chi connectivity index (χ3n) is 4.48. The number of rotatable bonds is 3. The van der Waals surface area contributed by atoms with E-state index in [0.29, 0.717) is 12.2 Å². The second-order valence-electron chi connectivity index (χ2n) is 6.12. The molecule has 0 saturated carbocycles. The van der Waals surface area contributed by atoms with E-state index < -0.39 is 0 Å². The smallest absolute Gasteiger partial charge is 0.251 e. The predicted octanol–water partition coefficient (Wildman–Crippen LogP) is 1.72. The number of pyridine rings is 1. The molecular weight excluding hydrogens is 306 g/mol. The summed E-state index contributed by atoms with van der Waals surface area (Å²) in [6, 6.07) is 3.75. The predicted molar refractivity (Wildman–Crippen MR) is 87.6 cm³/mol. The lowest BCUT2D eigenvalue weighted by Gasteiger charge is -2.30. The van der Waals surface area contributed by atoms with Crippen LogP contribution < -0.4 is 5.32 Å². The number of carbonyl (C=O) groups excluding carboxylic acids is 1. The number of aromatic nitrogens is 4. The van der Waals surface area contributed by atoms with Gasteiger partial charge in [0.2, 0.25) is 0 Å². The Kier molecular flexibility index (Phi) is 3.78. The van der Waals surface area contributed by atoms with Crippen LogP contribution in [-0.2, 0) is 11.8 Å². The van der Waals surface area contributed by atoms with Crippen LogP contribution in [0.2, 0.25) is 0 Å². The molecule has 0 unspecified atom stereocenters. The van der Waals surface area contributed by atoms with Crippen LogP contribution in [0.4, 0.5) is 0 Å². The molecule has 3 aromatic heterocycles. The summed E-state index contributed by atoms with van der Waals surface area (Å²) in [5, 5.41) is 3.13. The number of aryl methyl sites for hydroxylation is 1. The quantitative estimate of drug-likeness (QED) is 0.796. The van der Waals surface area contributed by atoms with Crippen molar-refractivity contribution >= 4 is 11.4 Å². The molecular formula is C17H19N5O2. The molecule has 124 valence electrons. The number of hydrogen-bond acceptors (Lipinski definition) is 4. The highest BCUT2D eigenvalue weighted by Gasteiger charge is 2.27. The van der Waals surface area contributed by atoms with Gasteiger partial charge in [-0.15, -0.1) is 0 Å². The maximum atomic E-state index is 12.5. The van der Waals surface area contributed by atoms with Crippen LogP contribution in [0.15, 0.2) is 43.4 Å². The van der Waals surface area contributed by atoms with Gasteiger partial charge in [0.05, 0.1) is 36.3 Å². The van der Waals surface area contributed by atoms with Gasteiger partial charge in [-0.2, -0.15) is 0 Å². The van der Waals surface area contributed by atoms with Crippen LogP contribution in [0.25, 0.3) is 5.52 Å². The minimum atomic E-state index is -0.0608. The van der Waals surface area contributed by atoms with Crippen LogP contribution in [-0.4, -0.2) is 37.5 Å². The van der Waals surface area contributed by atoms with Gasteiger partial charge < -0.3 is 19.0 Å². The Morgan fingerprint density at radius 3 is 3.04 bits per heavy atom. The number of carbonyl (C=O) groups is 1. The Morgan fingerprint density at radius 1 is 1.33 bits per heavy atom. The van der Waals surface area contributed by atoms with E-state index in [1.165, 1.54) is 0 Å². The summed E-state index contributed by atoms with van der Waals surface area (Å²) in [5.74, 6) is -0.0608. The molecule has 24 heavy (non-hydrogen) atoms. The Bertz CT molecular complexity index is 869. The SMILES string of the molecule is Cn1cncc1[C@H]1C[C@@H](NC(=O)c2ccn3cncc3c2)CCO1. The lowest BCUT2D eigenvalue weighted by Crippen LogP contribution is -2.40. The largest absolute Gasteiger partial charge is 0.372 e. The number of imidazole rings is 2. The standard InChI is InChI=1S/C17H19N5O2/c1-21-10-19-9-15(21)16-7-13(3-5-24-16)20-17(23)12-2-4-22-11-18-8-14(22)6-12/h2,4,6,8-11,13,16H,3,5,7H2,1H3,(H,20,23)/t13-,16+/m0/s1. The molecule has 4 rings (SSSR count). The number of nitrogens with one attached hydrogen (secondary N) is 1. The van der Waals surface area contributed by atoms with Crippen LogP contribution in [0.1, 0.15) is 35.0 Å². The van der Waals surface area contributed by atoms with Crippen molar-refractivity contribution in [1.29, 1.82) is 0 Å². The third-order valence-corrected chi connectivity index (χ3v) is 4.48. The van der Waals surface area contributed by atoms with Crippen LogP contribution in [0.5, 0.6) is 0 Å². The van der Waals surface area contributed by atoms with Crippen molar-refractivity contribution in [3.05, 3.63) is 54.6 Å². The highest BCUT2D eigenvalue weighted by atomic mass is 16.5. The van der Waals surface area contributed by atoms with Gasteiger partial charge in [-0.3, -0.25) is 4.79 Å². The molecule has 1 fully saturated rings. The summed E-state index contributed by atoms with van der Waals surface area (Å²) in [4.78, 5) is 20.8. The topological polar surface area (TPSA) is 73.5 Å². The maximum Gasteiger partial charge on any atom is 0.251 e. The summed E-state index contributed by atoms with van der Waals surface area (Å²) in [6.45, 7) is 0.627. The van der Waals surface area contributed by atoms with Crippen molar-refractivity contribution < 1.29 is 9.53 Å². The Balaban J connectivity index is 1.46. The summed E-state index contributed by atoms with van der Waals surface area (Å²) in [5.41, 5.74) is 2.59. The second kappa shape index (κ2) is 6.09. The normalized spacial score (nSPS) is 21.0. The molecule has 3 aromatic rings. The van der Waals surface area contributed by atoms with Gasteiger partial charge in [0, 0.05) is 31.5 Å². The molecule has 0 aromatic carbocycles. The molecule has 1 aliphatic rings. The number of hydrogen-bond donors (Lipinski definition) is 1. The molecule has 0 bridgehead atoms. The average Bonchev–Trinajstić information content (AvgIpc) is 3.22. The van der Waals surface area contributed by atoms with Gasteiger partial charge in [-0.25, -0.2) is 9.97 Å². The Hall–Kier alpha value is -2.67. The van der Waals surface area contributed by atoms with Crippen molar-refractivity contribution in [3.8, 4) is 0 Å². The van der Waals surface area contributed by atoms with Crippen molar-refractivity contribution in [3.63, 3.8) is 0 Å². The van der Waals surface area contributed by atoms with Gasteiger partial charge in [0.1, 0.15) is 6.10 Å². The van der Waals surface area contributed by atoms with E-state index in [4.69, 9.17) is 4.74 Å². The van der Waals surface area contributed by atoms with E-state index in [1.807, 2.05) is 40.5 Å². The first-order valence-corrected chi connectivity index (χ1v) is 8.01. The molecule has 7 heteroatoms. The van der Waals surface area contributed by atoms with Gasteiger partial charge in [-0.1, -0.05) is 0 Å². The molecule has 0 spiro atoms. The van der Waals surface area contributed by atoms with Crippen LogP contribution >= 0.6 is 0 Å². The molecule has 1 saturated heterocycles. The fourth-order valence-electron chi connectivity index (χ4n) is 3.14. The lowest BCUT2D eigenvalue weighted by molar-refractivity contribution is -0.00301. The average molecular weight is 325 g/mol. The molecule has 1 aliphatic heterocycles. The van der Waals surface area contributed by atoms with Crippen molar-refractivity contribution in [1.82, 2.24) is 24.3 Å². The summed E-state index contributed by atoms with van der Waals surface area (Å²) >= 11 is 0. The van der Waals surface area contributed by atoms with Crippen molar-refractivity contribution in [2.24, 2.45) is 7.05 Å². The van der Waals surface area contributed by atoms with E-state index in [9.17, 15) is 4.79 Å². The summed E-state index contributed by atoms with van der Waals surface area (Å²) in [7, 11) is 1.95. The minimum absolute atomic E-state index is 0.0335. The summed E-state index contributed by atoms with van der Waals surface area (Å²) in [6.07, 6.45) is 10.4. The fourth-order valence-corrected chi connectivity index (χ4v) is 3.14. The zero-order valence-corrected chi connectivity index (χ0v) is 13.4. The Morgan fingerprint density at radius 2 is 2.21 bits per heavy atom. The highest BCUT2D eigenvalue weighted by molar-refractivity contribution is 5.95. The first kappa shape index (κ1) is 14.9. The molecule has 0 aliphatic carbocycles. The number of nitrogens with zero attached hydrogens (tertiary/aromatic N) is 4. The highest BCUT2D eigenvalue weighted by Crippen LogP contribution is 2.27. The van der Waals surface area contributed by atoms with Gasteiger partial charge in [0.25, 0.3) is 5.91 Å². The molecule has 2 atom stereocenters. The molecule has 1 N–H and O–H groups in total. The van der Waals surface area contributed by atoms with Crippen LogP contribution in [0.3, 0.4) is 0 Å². The first-order valence-electron chi connectivity index (χ1n) is 8.01. The van der Waals surface area contributed by atoms with Gasteiger partial charge in [-0.05, 0) is 25.0 Å². The third kappa shape index (κ3) is 2.78. The number of amides is 1. The van der Waals surface area contributed by atoms with Crippen LogP contribution in [0, 0.1) is 0 Å². The van der Waals surface area contributed by atoms with E-state index in [-0.39, 0.29) is 18.1 Å². The van der Waals surface area contributed by atoms with E-state index in [0.717, 1.165) is 24.1 Å². The monoisotopic (exact) mass is 325 g/mol. The second-order valence-corrected chi connectivity index (χ2v) is 6.12. The van der Waals surface area contributed by atoms with Gasteiger partial charge >= 0.3 is 0 Å². The zero-order chi connectivity index (χ0) is 16.5. The Labute approximate surface area is 139 Å². The van der Waals surface area contributed by atoms with E-state index in [2.05, 4.69) is 15.3 Å². The maximum absolute atomic E-state index is 12.5. The fraction of sp³-hybridized carbons (Fsp3) is 0.353. The van der Waals surface area contributed by atoms with Crippen molar-refractivity contribution in [2.75, 3.05) is 6.61 Å². The molecule has 0 radical (unpaired) electrons. The van der Waals surface area contributed by atoms with E-state index in [1.54, 1.807) is 18.9 Å². The number of fused-ring (bicyclic) bond motifs is 1. The van der Waals surface area contributed by atoms with E-state index >= 15 is 0 Å². The van der Waals surface area contributed by atoms with Gasteiger partial charge in [0.15, 0.2) is 0 Å². The summed E-state index contributed by atoms with van der Waals surface area (Å²) < 4.78 is 9.68. The minimum Gasteiger partial charge on any atom is -0.372 e. The van der Waals surface area contributed by atoms with Crippen molar-refractivity contribution in [2.45, 2.75) is 25.0 Å². The number of ether oxygens (including phenoxy) is 1. The molecule has 1 amide bonds.